The van der Waals surface area contributed by atoms with Gasteiger partial charge in [0.2, 0.25) is 0 Å². The molecule has 0 bridgehead atoms. The number of nitrogens with two attached hydrogens (primary N) is 1. The highest BCUT2D eigenvalue weighted by atomic mass is 79.9. The zero-order chi connectivity index (χ0) is 14.9. The number of rotatable bonds is 3. The lowest BCUT2D eigenvalue weighted by Gasteiger charge is -2.12. The lowest BCUT2D eigenvalue weighted by Crippen LogP contribution is -2.15. The van der Waals surface area contributed by atoms with Gasteiger partial charge in [-0.2, -0.15) is 0 Å². The summed E-state index contributed by atoms with van der Waals surface area (Å²) in [6, 6.07) is 9.24. The highest BCUT2D eigenvalue weighted by molar-refractivity contribution is 9.10. The van der Waals surface area contributed by atoms with Crippen LogP contribution in [0.4, 0.5) is 11.4 Å². The van der Waals surface area contributed by atoms with Gasteiger partial charge in [0, 0.05) is 4.47 Å². The number of hydrogen-bond acceptors (Lipinski definition) is 3. The maximum absolute atomic E-state index is 12.3. The number of sulfonamides is 1. The van der Waals surface area contributed by atoms with Gasteiger partial charge in [0.25, 0.3) is 10.0 Å². The Bertz CT molecular complexity index is 746. The monoisotopic (exact) mass is 394 g/mol. The summed E-state index contributed by atoms with van der Waals surface area (Å²) in [7, 11) is -3.89. The molecule has 0 aliphatic heterocycles. The number of benzene rings is 2. The van der Waals surface area contributed by atoms with Crippen LogP contribution in [-0.4, -0.2) is 8.42 Å². The smallest absolute Gasteiger partial charge is 0.264 e. The van der Waals surface area contributed by atoms with Crippen molar-refractivity contribution in [3.05, 3.63) is 50.9 Å². The second kappa shape index (κ2) is 5.81. The van der Waals surface area contributed by atoms with E-state index in [1.54, 1.807) is 12.1 Å². The van der Waals surface area contributed by atoms with Gasteiger partial charge in [0.05, 0.1) is 21.4 Å². The first-order valence-electron chi connectivity index (χ1n) is 5.33. The van der Waals surface area contributed by atoms with Gasteiger partial charge in [0.1, 0.15) is 4.90 Å². The number of para-hydroxylation sites is 1. The summed E-state index contributed by atoms with van der Waals surface area (Å²) in [6.45, 7) is 0. The van der Waals surface area contributed by atoms with E-state index in [-0.39, 0.29) is 26.3 Å². The molecule has 0 aliphatic carbocycles. The number of nitrogens with one attached hydrogen (secondary N) is 1. The van der Waals surface area contributed by atoms with E-state index in [9.17, 15) is 8.42 Å². The molecule has 0 unspecified atom stereocenters. The van der Waals surface area contributed by atoms with Crippen molar-refractivity contribution < 1.29 is 8.42 Å². The first-order valence-corrected chi connectivity index (χ1v) is 8.36. The van der Waals surface area contributed by atoms with E-state index in [1.165, 1.54) is 24.3 Å². The fourth-order valence-electron chi connectivity index (χ4n) is 1.53. The standard InChI is InChI=1S/C12H9BrCl2N2O2S/c13-7-4-5-10(16)11(6-7)20(18,19)17-12-8(14)2-1-3-9(12)15/h1-6,17H,16H2. The Morgan fingerprint density at radius 3 is 2.30 bits per heavy atom. The van der Waals surface area contributed by atoms with Crippen LogP contribution in [0.3, 0.4) is 0 Å². The molecule has 0 fully saturated rings. The Balaban J connectivity index is 2.49. The van der Waals surface area contributed by atoms with Crippen molar-refractivity contribution in [3.8, 4) is 0 Å². The predicted molar refractivity (Wildman–Crippen MR) is 85.8 cm³/mol. The van der Waals surface area contributed by atoms with E-state index in [1.807, 2.05) is 0 Å². The van der Waals surface area contributed by atoms with Crippen molar-refractivity contribution in [3.63, 3.8) is 0 Å². The van der Waals surface area contributed by atoms with Gasteiger partial charge in [-0.05, 0) is 30.3 Å². The molecular weight excluding hydrogens is 387 g/mol. The van der Waals surface area contributed by atoms with Crippen molar-refractivity contribution in [1.82, 2.24) is 0 Å². The molecule has 0 radical (unpaired) electrons. The van der Waals surface area contributed by atoms with Crippen LogP contribution >= 0.6 is 39.1 Å². The minimum atomic E-state index is -3.89. The second-order valence-electron chi connectivity index (χ2n) is 3.88. The molecule has 0 saturated carbocycles. The molecule has 0 amide bonds. The van der Waals surface area contributed by atoms with Gasteiger partial charge in [-0.3, -0.25) is 4.72 Å². The molecule has 0 aliphatic rings. The molecule has 2 rings (SSSR count). The van der Waals surface area contributed by atoms with Crippen LogP contribution in [0.1, 0.15) is 0 Å². The summed E-state index contributed by atoms with van der Waals surface area (Å²) in [5.41, 5.74) is 5.95. The van der Waals surface area contributed by atoms with Gasteiger partial charge >= 0.3 is 0 Å². The number of halogens is 3. The van der Waals surface area contributed by atoms with E-state index in [0.29, 0.717) is 4.47 Å². The van der Waals surface area contributed by atoms with E-state index >= 15 is 0 Å². The first kappa shape index (κ1) is 15.4. The van der Waals surface area contributed by atoms with Crippen LogP contribution in [-0.2, 0) is 10.0 Å². The molecule has 0 spiro atoms. The molecule has 3 N–H and O–H groups in total. The zero-order valence-electron chi connectivity index (χ0n) is 9.90. The number of anilines is 2. The zero-order valence-corrected chi connectivity index (χ0v) is 13.8. The highest BCUT2D eigenvalue weighted by Gasteiger charge is 2.20. The van der Waals surface area contributed by atoms with Crippen molar-refractivity contribution in [2.45, 2.75) is 4.90 Å². The maximum Gasteiger partial charge on any atom is 0.264 e. The van der Waals surface area contributed by atoms with Crippen LogP contribution in [0.25, 0.3) is 0 Å². The molecule has 2 aromatic rings. The Morgan fingerprint density at radius 2 is 1.70 bits per heavy atom. The van der Waals surface area contributed by atoms with Gasteiger partial charge in [-0.1, -0.05) is 45.2 Å². The Hall–Kier alpha value is -0.950. The summed E-state index contributed by atoms with van der Waals surface area (Å²) < 4.78 is 27.6. The van der Waals surface area contributed by atoms with Crippen molar-refractivity contribution in [2.24, 2.45) is 0 Å². The largest absolute Gasteiger partial charge is 0.398 e. The molecule has 4 nitrogen and oxygen atoms in total. The van der Waals surface area contributed by atoms with Gasteiger partial charge in [-0.15, -0.1) is 0 Å². The number of nitrogen functional groups attached to an aromatic ring is 1. The van der Waals surface area contributed by atoms with Crippen LogP contribution in [0, 0.1) is 0 Å². The third kappa shape index (κ3) is 3.20. The van der Waals surface area contributed by atoms with Crippen molar-refractivity contribution in [1.29, 1.82) is 0 Å². The van der Waals surface area contributed by atoms with Gasteiger partial charge < -0.3 is 5.73 Å². The SMILES string of the molecule is Nc1ccc(Br)cc1S(=O)(=O)Nc1c(Cl)cccc1Cl. The summed E-state index contributed by atoms with van der Waals surface area (Å²) in [5, 5.41) is 0.407. The second-order valence-corrected chi connectivity index (χ2v) is 7.27. The quantitative estimate of drug-likeness (QED) is 0.767. The molecule has 2 aromatic carbocycles. The summed E-state index contributed by atoms with van der Waals surface area (Å²) in [4.78, 5) is -0.0529. The average Bonchev–Trinajstić information content (AvgIpc) is 2.37. The minimum absolute atomic E-state index is 0.0529. The Labute approximate surface area is 135 Å². The van der Waals surface area contributed by atoms with Crippen LogP contribution in [0.15, 0.2) is 45.8 Å². The minimum Gasteiger partial charge on any atom is -0.398 e. The highest BCUT2D eigenvalue weighted by Crippen LogP contribution is 2.33. The van der Waals surface area contributed by atoms with E-state index in [2.05, 4.69) is 20.7 Å². The van der Waals surface area contributed by atoms with Gasteiger partial charge in [-0.25, -0.2) is 8.42 Å². The molecule has 8 heteroatoms. The Morgan fingerprint density at radius 1 is 1.10 bits per heavy atom. The molecular formula is C12H9BrCl2N2O2S. The van der Waals surface area contributed by atoms with E-state index in [4.69, 9.17) is 28.9 Å². The molecule has 0 saturated heterocycles. The summed E-state index contributed by atoms with van der Waals surface area (Å²) >= 11 is 15.1. The fourth-order valence-corrected chi connectivity index (χ4v) is 3.90. The van der Waals surface area contributed by atoms with Crippen LogP contribution in [0.2, 0.25) is 10.0 Å². The predicted octanol–water partition coefficient (Wildman–Crippen LogP) is 4.14. The van der Waals surface area contributed by atoms with Crippen molar-refractivity contribution in [2.75, 3.05) is 10.5 Å². The van der Waals surface area contributed by atoms with Crippen LogP contribution < -0.4 is 10.5 Å². The molecule has 0 atom stereocenters. The Kier molecular flexibility index (Phi) is 4.49. The van der Waals surface area contributed by atoms with Crippen LogP contribution in [0.5, 0.6) is 0 Å². The van der Waals surface area contributed by atoms with Gasteiger partial charge in [0.15, 0.2) is 0 Å². The molecule has 106 valence electrons. The molecule has 0 heterocycles. The summed E-state index contributed by atoms with van der Waals surface area (Å²) in [5.74, 6) is 0. The fraction of sp³-hybridized carbons (Fsp3) is 0. The molecule has 0 aromatic heterocycles. The molecule has 20 heavy (non-hydrogen) atoms. The summed E-state index contributed by atoms with van der Waals surface area (Å²) in [6.07, 6.45) is 0. The average molecular weight is 396 g/mol. The normalized spacial score (nSPS) is 11.3. The van der Waals surface area contributed by atoms with E-state index < -0.39 is 10.0 Å². The van der Waals surface area contributed by atoms with Crippen molar-refractivity contribution >= 4 is 60.5 Å². The third-order valence-electron chi connectivity index (χ3n) is 2.46. The van der Waals surface area contributed by atoms with E-state index in [0.717, 1.165) is 0 Å². The topological polar surface area (TPSA) is 72.2 Å². The number of hydrogen-bond donors (Lipinski definition) is 2. The lowest BCUT2D eigenvalue weighted by atomic mass is 10.3. The third-order valence-corrected chi connectivity index (χ3v) is 4.99. The lowest BCUT2D eigenvalue weighted by molar-refractivity contribution is 0.601. The maximum atomic E-state index is 12.3. The first-order chi connectivity index (χ1) is 9.31.